The third-order valence-corrected chi connectivity index (χ3v) is 4.23. The molecule has 3 N–H and O–H groups in total. The Kier molecular flexibility index (Phi) is 4.14. The highest BCUT2D eigenvalue weighted by Crippen LogP contribution is 2.33. The molecule has 0 bridgehead atoms. The maximum Gasteiger partial charge on any atom is 0.161 e. The Bertz CT molecular complexity index is 429. The number of nitrogens with two attached hydrogens (primary N) is 1. The number of likely N-dealkylation sites (tertiary alicyclic amines) is 1. The summed E-state index contributed by atoms with van der Waals surface area (Å²) >= 11 is 3.51. The monoisotopic (exact) mass is 314 g/mol. The van der Waals surface area contributed by atoms with Crippen molar-refractivity contribution >= 4 is 15.9 Å². The molecule has 2 atom stereocenters. The van der Waals surface area contributed by atoms with Crippen LogP contribution in [-0.2, 0) is 6.54 Å². The second-order valence-corrected chi connectivity index (χ2v) is 5.81. The molecule has 1 heterocycles. The molecule has 2 rings (SSSR count). The van der Waals surface area contributed by atoms with Crippen LogP contribution in [0.15, 0.2) is 16.6 Å². The van der Waals surface area contributed by atoms with E-state index in [1.165, 1.54) is 0 Å². The van der Waals surface area contributed by atoms with Crippen LogP contribution in [0.4, 0.5) is 0 Å². The molecule has 0 amide bonds. The Morgan fingerprint density at radius 2 is 2.22 bits per heavy atom. The zero-order valence-corrected chi connectivity index (χ0v) is 12.3. The molecule has 1 fully saturated rings. The van der Waals surface area contributed by atoms with Gasteiger partial charge >= 0.3 is 0 Å². The molecule has 0 aromatic heterocycles. The van der Waals surface area contributed by atoms with Gasteiger partial charge in [-0.15, -0.1) is 0 Å². The van der Waals surface area contributed by atoms with Crippen molar-refractivity contribution in [2.75, 3.05) is 20.2 Å². The van der Waals surface area contributed by atoms with Crippen LogP contribution in [0.2, 0.25) is 0 Å². The fourth-order valence-corrected chi connectivity index (χ4v) is 2.78. The summed E-state index contributed by atoms with van der Waals surface area (Å²) < 4.78 is 6.02. The van der Waals surface area contributed by atoms with Gasteiger partial charge in [-0.05, 0) is 23.6 Å². The van der Waals surface area contributed by atoms with Crippen LogP contribution in [0, 0.1) is 5.92 Å². The zero-order valence-electron chi connectivity index (χ0n) is 10.7. The minimum Gasteiger partial charge on any atom is -0.504 e. The predicted octanol–water partition coefficient (Wildman–Crippen LogP) is 1.94. The summed E-state index contributed by atoms with van der Waals surface area (Å²) in [5.41, 5.74) is 7.06. The second kappa shape index (κ2) is 5.47. The summed E-state index contributed by atoms with van der Waals surface area (Å²) in [6.07, 6.45) is 0. The Balaban J connectivity index is 2.13. The van der Waals surface area contributed by atoms with Gasteiger partial charge in [0.05, 0.1) is 7.11 Å². The quantitative estimate of drug-likeness (QED) is 0.895. The van der Waals surface area contributed by atoms with Crippen molar-refractivity contribution in [3.8, 4) is 11.5 Å². The van der Waals surface area contributed by atoms with E-state index in [0.29, 0.717) is 11.7 Å². The SMILES string of the molecule is COc1cc(Br)c(CN2CC(C)C(N)C2)cc1O. The standard InChI is InChI=1S/C13H19BrN2O2/c1-8-5-16(7-11(8)15)6-9-3-12(17)13(18-2)4-10(9)14/h3-4,8,11,17H,5-7,15H2,1-2H3. The first-order valence-electron chi connectivity index (χ1n) is 6.04. The van der Waals surface area contributed by atoms with E-state index in [1.807, 2.05) is 0 Å². The summed E-state index contributed by atoms with van der Waals surface area (Å²) in [6, 6.07) is 3.79. The van der Waals surface area contributed by atoms with Crippen molar-refractivity contribution in [3.05, 3.63) is 22.2 Å². The Hall–Kier alpha value is -0.780. The zero-order chi connectivity index (χ0) is 13.3. The molecule has 100 valence electrons. The highest BCUT2D eigenvalue weighted by atomic mass is 79.9. The number of phenolic OH excluding ortho intramolecular Hbond substituents is 1. The van der Waals surface area contributed by atoms with Crippen molar-refractivity contribution in [2.24, 2.45) is 11.7 Å². The number of phenols is 1. The molecule has 4 nitrogen and oxygen atoms in total. The van der Waals surface area contributed by atoms with Crippen molar-refractivity contribution in [3.63, 3.8) is 0 Å². The highest BCUT2D eigenvalue weighted by molar-refractivity contribution is 9.10. The van der Waals surface area contributed by atoms with Crippen LogP contribution in [0.25, 0.3) is 0 Å². The maximum absolute atomic E-state index is 9.80. The maximum atomic E-state index is 9.80. The van der Waals surface area contributed by atoms with Gasteiger partial charge in [-0.3, -0.25) is 4.90 Å². The van der Waals surface area contributed by atoms with Gasteiger partial charge in [-0.2, -0.15) is 0 Å². The fraction of sp³-hybridized carbons (Fsp3) is 0.538. The second-order valence-electron chi connectivity index (χ2n) is 4.95. The van der Waals surface area contributed by atoms with Crippen molar-refractivity contribution in [1.82, 2.24) is 4.90 Å². The van der Waals surface area contributed by atoms with Crippen LogP contribution < -0.4 is 10.5 Å². The number of halogens is 1. The van der Waals surface area contributed by atoms with Crippen molar-refractivity contribution in [2.45, 2.75) is 19.5 Å². The lowest BCUT2D eigenvalue weighted by Gasteiger charge is -2.17. The average Bonchev–Trinajstić information content (AvgIpc) is 2.62. The van der Waals surface area contributed by atoms with E-state index >= 15 is 0 Å². The van der Waals surface area contributed by atoms with E-state index in [4.69, 9.17) is 10.5 Å². The summed E-state index contributed by atoms with van der Waals surface area (Å²) in [6.45, 7) is 4.86. The molecular formula is C13H19BrN2O2. The summed E-state index contributed by atoms with van der Waals surface area (Å²) in [4.78, 5) is 2.31. The lowest BCUT2D eigenvalue weighted by Crippen LogP contribution is -2.28. The molecule has 0 saturated carbocycles. The summed E-state index contributed by atoms with van der Waals surface area (Å²) in [7, 11) is 1.54. The number of nitrogens with zero attached hydrogens (tertiary/aromatic N) is 1. The Morgan fingerprint density at radius 1 is 1.50 bits per heavy atom. The normalized spacial score (nSPS) is 24.4. The predicted molar refractivity (Wildman–Crippen MR) is 74.8 cm³/mol. The molecule has 5 heteroatoms. The minimum atomic E-state index is 0.173. The van der Waals surface area contributed by atoms with E-state index in [0.717, 1.165) is 29.7 Å². The van der Waals surface area contributed by atoms with Crippen molar-refractivity contribution < 1.29 is 9.84 Å². The largest absolute Gasteiger partial charge is 0.504 e. The third-order valence-electron chi connectivity index (χ3n) is 3.49. The van der Waals surface area contributed by atoms with Crippen LogP contribution >= 0.6 is 15.9 Å². The number of hydrogen-bond acceptors (Lipinski definition) is 4. The minimum absolute atomic E-state index is 0.173. The van der Waals surface area contributed by atoms with Crippen LogP contribution in [0.1, 0.15) is 12.5 Å². The van der Waals surface area contributed by atoms with E-state index in [1.54, 1.807) is 19.2 Å². The molecular weight excluding hydrogens is 296 g/mol. The first-order chi connectivity index (χ1) is 8.51. The Labute approximate surface area is 116 Å². The van der Waals surface area contributed by atoms with Gasteiger partial charge in [0.15, 0.2) is 11.5 Å². The van der Waals surface area contributed by atoms with Crippen LogP contribution in [-0.4, -0.2) is 36.2 Å². The van der Waals surface area contributed by atoms with Gasteiger partial charge in [0.1, 0.15) is 0 Å². The Morgan fingerprint density at radius 3 is 2.78 bits per heavy atom. The van der Waals surface area contributed by atoms with E-state index in [9.17, 15) is 5.11 Å². The highest BCUT2D eigenvalue weighted by Gasteiger charge is 2.26. The van der Waals surface area contributed by atoms with Gasteiger partial charge in [-0.25, -0.2) is 0 Å². The lowest BCUT2D eigenvalue weighted by atomic mass is 10.1. The topological polar surface area (TPSA) is 58.7 Å². The molecule has 0 radical (unpaired) electrons. The van der Waals surface area contributed by atoms with E-state index in [2.05, 4.69) is 27.8 Å². The molecule has 1 aliphatic heterocycles. The average molecular weight is 315 g/mol. The molecule has 18 heavy (non-hydrogen) atoms. The first-order valence-corrected chi connectivity index (χ1v) is 6.84. The summed E-state index contributed by atoms with van der Waals surface area (Å²) in [5.74, 6) is 1.18. The van der Waals surface area contributed by atoms with E-state index < -0.39 is 0 Å². The molecule has 1 aromatic rings. The molecule has 1 saturated heterocycles. The molecule has 1 aromatic carbocycles. The van der Waals surface area contributed by atoms with Crippen LogP contribution in [0.5, 0.6) is 11.5 Å². The molecule has 2 unspecified atom stereocenters. The van der Waals surface area contributed by atoms with Crippen molar-refractivity contribution in [1.29, 1.82) is 0 Å². The lowest BCUT2D eigenvalue weighted by molar-refractivity contribution is 0.316. The van der Waals surface area contributed by atoms with Crippen LogP contribution in [0.3, 0.4) is 0 Å². The number of benzene rings is 1. The number of ether oxygens (including phenoxy) is 1. The molecule has 0 aliphatic carbocycles. The third kappa shape index (κ3) is 2.79. The van der Waals surface area contributed by atoms with Gasteiger partial charge in [-0.1, -0.05) is 22.9 Å². The number of aromatic hydroxyl groups is 1. The first kappa shape index (κ1) is 13.6. The number of hydrogen-bond donors (Lipinski definition) is 2. The van der Waals surface area contributed by atoms with Gasteiger partial charge < -0.3 is 15.6 Å². The fourth-order valence-electron chi connectivity index (χ4n) is 2.34. The van der Waals surface area contributed by atoms with E-state index in [-0.39, 0.29) is 11.8 Å². The van der Waals surface area contributed by atoms with Gasteiger partial charge in [0.2, 0.25) is 0 Å². The summed E-state index contributed by atoms with van der Waals surface area (Å²) in [5, 5.41) is 9.80. The van der Waals surface area contributed by atoms with Gasteiger partial charge in [0.25, 0.3) is 0 Å². The van der Waals surface area contributed by atoms with Gasteiger partial charge in [0, 0.05) is 30.1 Å². The molecule has 1 aliphatic rings. The number of rotatable bonds is 3. The number of methoxy groups -OCH3 is 1. The molecule has 0 spiro atoms. The smallest absolute Gasteiger partial charge is 0.161 e.